The van der Waals surface area contributed by atoms with E-state index in [4.69, 9.17) is 50.7 Å². The molecule has 14 heteroatoms. The number of nitrogens with one attached hydrogen (secondary N) is 1. The van der Waals surface area contributed by atoms with Crippen molar-refractivity contribution in [3.63, 3.8) is 0 Å². The third kappa shape index (κ3) is 8.84. The minimum Gasteiger partial charge on any atom is -0.444 e. The van der Waals surface area contributed by atoms with E-state index >= 15 is 0 Å². The molecule has 4 saturated heterocycles. The molecule has 0 unspecified atom stereocenters. The minimum absolute atomic E-state index is 0.172. The van der Waals surface area contributed by atoms with Crippen LogP contribution in [0.2, 0.25) is 0 Å². The van der Waals surface area contributed by atoms with Crippen LogP contribution in [0.5, 0.6) is 0 Å². The summed E-state index contributed by atoms with van der Waals surface area (Å²) in [5.74, 6) is 2.74. The predicted octanol–water partition coefficient (Wildman–Crippen LogP) is 3.02. The van der Waals surface area contributed by atoms with Gasteiger partial charge in [0, 0.05) is 41.5 Å². The van der Waals surface area contributed by atoms with Crippen molar-refractivity contribution in [3.05, 3.63) is 0 Å². The molecule has 50 heavy (non-hydrogen) atoms. The Balaban J connectivity index is 0.000000284. The van der Waals surface area contributed by atoms with Crippen LogP contribution in [0.1, 0.15) is 61.8 Å². The number of fused-ring (bicyclic) bond motifs is 2. The predicted molar refractivity (Wildman–Crippen MR) is 182 cm³/mol. The summed E-state index contributed by atoms with van der Waals surface area (Å²) in [6.07, 6.45) is 9.96. The van der Waals surface area contributed by atoms with E-state index in [9.17, 15) is 14.4 Å². The average molecular weight is 708 g/mol. The molecule has 3 amide bonds. The van der Waals surface area contributed by atoms with Gasteiger partial charge in [-0.05, 0) is 53.9 Å². The monoisotopic (exact) mass is 707 g/mol. The maximum Gasteiger partial charge on any atom is 0.410 e. The van der Waals surface area contributed by atoms with Crippen molar-refractivity contribution in [2.75, 3.05) is 54.7 Å². The number of hydrogen-bond donors (Lipinski definition) is 1. The fourth-order valence-electron chi connectivity index (χ4n) is 6.90. The van der Waals surface area contributed by atoms with Crippen LogP contribution in [0.25, 0.3) is 0 Å². The summed E-state index contributed by atoms with van der Waals surface area (Å²) in [5, 5.41) is 2.73. The number of alkyl carbamates (subject to hydrolysis) is 1. The van der Waals surface area contributed by atoms with E-state index in [1.165, 1.54) is 28.4 Å². The standard InChI is InChI=1S/C21H34N2O6.C15H23NO5/c1-9-14-11-23(17-16(14)28-12-21(17,26-7)27-8)18(24)15(10-13(2)3)22-19(25)29-20(4,5)6;1-7-10-8-16(13(17)21-14(2,3)4)12-11(10)20-9-15(12,18-5)19-6/h1,13-17H,10-12H2,2-8H3,(H,22,25);1,10-12H,8-9H2,2-6H3/t14-,15+,16-,17+;10-,11-,12+/m11/s1. The van der Waals surface area contributed by atoms with Crippen LogP contribution in [0.15, 0.2) is 0 Å². The van der Waals surface area contributed by atoms with Crippen LogP contribution < -0.4 is 5.32 Å². The van der Waals surface area contributed by atoms with Crippen molar-refractivity contribution < 1.29 is 52.3 Å². The van der Waals surface area contributed by atoms with Gasteiger partial charge in [-0.15, -0.1) is 12.8 Å². The smallest absolute Gasteiger partial charge is 0.410 e. The van der Waals surface area contributed by atoms with Crippen LogP contribution in [-0.2, 0) is 42.7 Å². The number of carbonyl (C=O) groups excluding carboxylic acids is 3. The van der Waals surface area contributed by atoms with E-state index in [1.54, 1.807) is 30.6 Å². The highest BCUT2D eigenvalue weighted by atomic mass is 16.7. The van der Waals surface area contributed by atoms with Crippen molar-refractivity contribution >= 4 is 18.1 Å². The summed E-state index contributed by atoms with van der Waals surface area (Å²) >= 11 is 0. The summed E-state index contributed by atoms with van der Waals surface area (Å²) in [5.41, 5.74) is -1.24. The van der Waals surface area contributed by atoms with E-state index in [0.717, 1.165) is 0 Å². The van der Waals surface area contributed by atoms with Gasteiger partial charge >= 0.3 is 12.2 Å². The third-order valence-electron chi connectivity index (χ3n) is 9.15. The zero-order valence-electron chi connectivity index (χ0n) is 31.7. The second-order valence-electron chi connectivity index (χ2n) is 15.4. The molecule has 14 nitrogen and oxygen atoms in total. The highest BCUT2D eigenvalue weighted by Gasteiger charge is 2.63. The molecule has 4 rings (SSSR count). The number of carbonyl (C=O) groups is 3. The molecule has 0 saturated carbocycles. The van der Waals surface area contributed by atoms with Gasteiger partial charge in [-0.25, -0.2) is 9.59 Å². The van der Waals surface area contributed by atoms with Gasteiger partial charge in [0.05, 0.1) is 24.0 Å². The first-order chi connectivity index (χ1) is 23.3. The van der Waals surface area contributed by atoms with Crippen LogP contribution in [0.4, 0.5) is 9.59 Å². The Morgan fingerprint density at radius 2 is 1.20 bits per heavy atom. The lowest BCUT2D eigenvalue weighted by atomic mass is 9.98. The van der Waals surface area contributed by atoms with Gasteiger partial charge in [0.25, 0.3) is 0 Å². The maximum atomic E-state index is 13.5. The highest BCUT2D eigenvalue weighted by Crippen LogP contribution is 2.43. The topological polar surface area (TPSA) is 144 Å². The minimum atomic E-state index is -1.10. The van der Waals surface area contributed by atoms with E-state index in [0.29, 0.717) is 19.5 Å². The van der Waals surface area contributed by atoms with Crippen LogP contribution in [0.3, 0.4) is 0 Å². The quantitative estimate of drug-likeness (QED) is 0.294. The Morgan fingerprint density at radius 1 is 0.780 bits per heavy atom. The Kier molecular flexibility index (Phi) is 13.3. The molecule has 0 spiro atoms. The first kappa shape index (κ1) is 41.3. The SMILES string of the molecule is C#C[C@@H]1CN(C(=O)OC(C)(C)C)[C@H]2[C@@H]1OCC2(OC)OC.C#C[C@@H]1CN(C(=O)[C@H](CC(C)C)NC(=O)OC(C)(C)C)[C@H]2[C@@H]1OCC2(OC)OC. The lowest BCUT2D eigenvalue weighted by molar-refractivity contribution is -0.227. The lowest BCUT2D eigenvalue weighted by Gasteiger charge is -2.37. The molecule has 0 aromatic rings. The number of nitrogens with zero attached hydrogens (tertiary/aromatic N) is 2. The fraction of sp³-hybridized carbons (Fsp3) is 0.806. The summed E-state index contributed by atoms with van der Waals surface area (Å²) in [7, 11) is 6.11. The van der Waals surface area contributed by atoms with Crippen molar-refractivity contribution in [2.45, 2.75) is 115 Å². The van der Waals surface area contributed by atoms with E-state index in [2.05, 4.69) is 17.2 Å². The molecule has 4 fully saturated rings. The van der Waals surface area contributed by atoms with Gasteiger partial charge in [-0.2, -0.15) is 0 Å². The second kappa shape index (κ2) is 16.1. The summed E-state index contributed by atoms with van der Waals surface area (Å²) in [6.45, 7) is 15.8. The molecule has 0 aromatic carbocycles. The average Bonchev–Trinajstić information content (AvgIpc) is 3.78. The molecular formula is C36H57N3O11. The summed E-state index contributed by atoms with van der Waals surface area (Å²) < 4.78 is 44.7. The van der Waals surface area contributed by atoms with Gasteiger partial charge in [-0.1, -0.05) is 25.7 Å². The summed E-state index contributed by atoms with van der Waals surface area (Å²) in [6, 6.07) is -1.67. The van der Waals surface area contributed by atoms with E-state index in [-0.39, 0.29) is 49.1 Å². The second-order valence-corrected chi connectivity index (χ2v) is 15.4. The molecule has 7 atom stereocenters. The molecule has 0 aliphatic carbocycles. The van der Waals surface area contributed by atoms with Gasteiger partial charge < -0.3 is 48.1 Å². The normalized spacial score (nSPS) is 28.5. The van der Waals surface area contributed by atoms with Crippen LogP contribution in [0, 0.1) is 42.4 Å². The number of methoxy groups -OCH3 is 4. The van der Waals surface area contributed by atoms with Gasteiger partial charge in [-0.3, -0.25) is 9.69 Å². The number of rotatable bonds is 8. The Bertz CT molecular complexity index is 1290. The van der Waals surface area contributed by atoms with Crippen LogP contribution >= 0.6 is 0 Å². The maximum absolute atomic E-state index is 13.5. The zero-order chi connectivity index (χ0) is 37.8. The first-order valence-electron chi connectivity index (χ1n) is 16.9. The molecule has 282 valence electrons. The Morgan fingerprint density at radius 3 is 1.58 bits per heavy atom. The van der Waals surface area contributed by atoms with E-state index in [1.807, 2.05) is 34.6 Å². The zero-order valence-corrected chi connectivity index (χ0v) is 31.7. The van der Waals surface area contributed by atoms with Crippen molar-refractivity contribution in [2.24, 2.45) is 17.8 Å². The van der Waals surface area contributed by atoms with E-state index < -0.39 is 53.1 Å². The largest absolute Gasteiger partial charge is 0.444 e. The van der Waals surface area contributed by atoms with Crippen LogP contribution in [-0.4, -0.2) is 136 Å². The van der Waals surface area contributed by atoms with Crippen molar-refractivity contribution in [1.82, 2.24) is 15.1 Å². The number of amides is 3. The molecule has 0 radical (unpaired) electrons. The molecule has 4 aliphatic rings. The Hall–Kier alpha value is -3.11. The molecular weight excluding hydrogens is 650 g/mol. The van der Waals surface area contributed by atoms with Gasteiger partial charge in [0.2, 0.25) is 17.5 Å². The van der Waals surface area contributed by atoms with Crippen molar-refractivity contribution in [1.29, 1.82) is 0 Å². The molecule has 0 aromatic heterocycles. The van der Waals surface area contributed by atoms with Gasteiger partial charge in [0.15, 0.2) is 0 Å². The molecule has 1 N–H and O–H groups in total. The number of hydrogen-bond acceptors (Lipinski definition) is 11. The van der Waals surface area contributed by atoms with Gasteiger partial charge in [0.1, 0.15) is 42.5 Å². The number of likely N-dealkylation sites (tertiary alicyclic amines) is 2. The fourth-order valence-corrected chi connectivity index (χ4v) is 6.90. The molecule has 0 bridgehead atoms. The first-order valence-corrected chi connectivity index (χ1v) is 16.9. The lowest BCUT2D eigenvalue weighted by Crippen LogP contribution is -2.59. The summed E-state index contributed by atoms with van der Waals surface area (Å²) in [4.78, 5) is 41.5. The molecule has 4 aliphatic heterocycles. The Labute approximate surface area is 297 Å². The molecule has 4 heterocycles. The third-order valence-corrected chi connectivity index (χ3v) is 9.15. The number of terminal acetylenes is 2. The van der Waals surface area contributed by atoms with Crippen molar-refractivity contribution in [3.8, 4) is 24.7 Å². The number of ether oxygens (including phenoxy) is 8. The highest BCUT2D eigenvalue weighted by molar-refractivity contribution is 5.86.